The highest BCUT2D eigenvalue weighted by Gasteiger charge is 2.33. The number of hydrogen-bond acceptors (Lipinski definition) is 6. The van der Waals surface area contributed by atoms with E-state index in [9.17, 15) is 8.42 Å². The molecule has 24 heavy (non-hydrogen) atoms. The van der Waals surface area contributed by atoms with Gasteiger partial charge in [-0.25, -0.2) is 13.4 Å². The first-order chi connectivity index (χ1) is 11.5. The molecule has 0 amide bonds. The molecule has 7 heteroatoms. The van der Waals surface area contributed by atoms with Crippen LogP contribution in [0.4, 0.5) is 11.8 Å². The molecule has 1 unspecified atom stereocenters. The van der Waals surface area contributed by atoms with E-state index in [0.717, 1.165) is 11.5 Å². The second-order valence-corrected chi connectivity index (χ2v) is 9.25. The number of aryl methyl sites for hydroxylation is 1. The van der Waals surface area contributed by atoms with Crippen molar-refractivity contribution in [2.24, 2.45) is 0 Å². The summed E-state index contributed by atoms with van der Waals surface area (Å²) in [5.74, 6) is 2.00. The van der Waals surface area contributed by atoms with E-state index in [1.807, 2.05) is 24.8 Å². The lowest BCUT2D eigenvalue weighted by atomic mass is 9.95. The van der Waals surface area contributed by atoms with Gasteiger partial charge in [0.05, 0.1) is 11.5 Å². The monoisotopic (exact) mass is 352 g/mol. The zero-order chi connectivity index (χ0) is 17.2. The summed E-state index contributed by atoms with van der Waals surface area (Å²) in [6.07, 6.45) is 6.92. The smallest absolute Gasteiger partial charge is 0.227 e. The lowest BCUT2D eigenvalue weighted by Gasteiger charge is -2.28. The van der Waals surface area contributed by atoms with Gasteiger partial charge in [-0.3, -0.25) is 0 Å². The minimum Gasteiger partial charge on any atom is -0.367 e. The molecule has 1 aliphatic heterocycles. The quantitative estimate of drug-likeness (QED) is 0.878. The average molecular weight is 353 g/mol. The van der Waals surface area contributed by atoms with Crippen LogP contribution < -0.4 is 10.2 Å². The van der Waals surface area contributed by atoms with Gasteiger partial charge in [0, 0.05) is 30.4 Å². The molecule has 1 saturated carbocycles. The van der Waals surface area contributed by atoms with Gasteiger partial charge in [0.25, 0.3) is 0 Å². The zero-order valence-corrected chi connectivity index (χ0v) is 15.5. The van der Waals surface area contributed by atoms with Crippen molar-refractivity contribution in [3.63, 3.8) is 0 Å². The third-order valence-corrected chi connectivity index (χ3v) is 6.80. The van der Waals surface area contributed by atoms with E-state index in [0.29, 0.717) is 25.0 Å². The van der Waals surface area contributed by atoms with Crippen LogP contribution in [0, 0.1) is 6.92 Å². The Morgan fingerprint density at radius 3 is 2.58 bits per heavy atom. The first kappa shape index (κ1) is 17.5. The van der Waals surface area contributed by atoms with Crippen molar-refractivity contribution >= 4 is 21.6 Å². The Bertz CT molecular complexity index is 671. The molecule has 2 aliphatic rings. The molecule has 2 fully saturated rings. The van der Waals surface area contributed by atoms with Crippen LogP contribution in [0.3, 0.4) is 0 Å². The first-order valence-electron chi connectivity index (χ1n) is 9.06. The van der Waals surface area contributed by atoms with Crippen molar-refractivity contribution in [3.8, 4) is 0 Å². The highest BCUT2D eigenvalue weighted by molar-refractivity contribution is 7.91. The molecule has 1 aromatic rings. The van der Waals surface area contributed by atoms with Gasteiger partial charge in [0.15, 0.2) is 9.84 Å². The third-order valence-electron chi connectivity index (χ3n) is 5.05. The Morgan fingerprint density at radius 1 is 1.21 bits per heavy atom. The predicted octanol–water partition coefficient (Wildman–Crippen LogP) is 2.54. The van der Waals surface area contributed by atoms with Crippen LogP contribution in [0.15, 0.2) is 6.07 Å². The van der Waals surface area contributed by atoms with Crippen molar-refractivity contribution < 1.29 is 8.42 Å². The van der Waals surface area contributed by atoms with E-state index in [2.05, 4.69) is 10.3 Å². The summed E-state index contributed by atoms with van der Waals surface area (Å²) in [4.78, 5) is 11.3. The van der Waals surface area contributed by atoms with Gasteiger partial charge < -0.3 is 10.2 Å². The van der Waals surface area contributed by atoms with E-state index < -0.39 is 9.84 Å². The zero-order valence-electron chi connectivity index (χ0n) is 14.7. The minimum atomic E-state index is -2.91. The molecule has 1 N–H and O–H groups in total. The second kappa shape index (κ2) is 7.25. The maximum Gasteiger partial charge on any atom is 0.227 e. The summed E-state index contributed by atoms with van der Waals surface area (Å²) in [5.41, 5.74) is 0.914. The van der Waals surface area contributed by atoms with Gasteiger partial charge in [-0.2, -0.15) is 4.98 Å². The normalized spacial score (nSPS) is 24.0. The van der Waals surface area contributed by atoms with E-state index in [-0.39, 0.29) is 17.5 Å². The number of aromatic nitrogens is 2. The number of rotatable bonds is 5. The van der Waals surface area contributed by atoms with Crippen LogP contribution in [0.25, 0.3) is 0 Å². The van der Waals surface area contributed by atoms with E-state index >= 15 is 0 Å². The minimum absolute atomic E-state index is 0.00988. The van der Waals surface area contributed by atoms with Gasteiger partial charge in [0.2, 0.25) is 5.95 Å². The number of sulfone groups is 1. The molecule has 2 heterocycles. The average Bonchev–Trinajstić information content (AvgIpc) is 2.88. The van der Waals surface area contributed by atoms with E-state index in [4.69, 9.17) is 4.98 Å². The molecule has 0 spiro atoms. The maximum atomic E-state index is 11.8. The van der Waals surface area contributed by atoms with Crippen LogP contribution in [0.2, 0.25) is 0 Å². The highest BCUT2D eigenvalue weighted by Crippen LogP contribution is 2.25. The summed E-state index contributed by atoms with van der Waals surface area (Å²) in [6, 6.07) is 2.46. The molecule has 6 nitrogen and oxygen atoms in total. The molecule has 1 aromatic heterocycles. The SMILES string of the molecule is CCN(c1nc(C)cc(NC2CCCCC2)n1)C1CCS(=O)(=O)C1. The molecule has 1 atom stereocenters. The standard InChI is InChI=1S/C17H28N4O2S/c1-3-21(15-9-10-24(22,23)12-15)17-18-13(2)11-16(20-17)19-14-7-5-4-6-8-14/h11,14-15H,3-10,12H2,1-2H3,(H,18,19,20). The Balaban J connectivity index is 1.78. The molecule has 1 aliphatic carbocycles. The summed E-state index contributed by atoms with van der Waals surface area (Å²) < 4.78 is 23.6. The maximum absolute atomic E-state index is 11.8. The fraction of sp³-hybridized carbons (Fsp3) is 0.765. The van der Waals surface area contributed by atoms with Gasteiger partial charge >= 0.3 is 0 Å². The summed E-state index contributed by atoms with van der Waals surface area (Å²) in [7, 11) is -2.91. The first-order valence-corrected chi connectivity index (χ1v) is 10.9. The topological polar surface area (TPSA) is 75.2 Å². The van der Waals surface area contributed by atoms with Crippen molar-refractivity contribution in [2.45, 2.75) is 64.5 Å². The van der Waals surface area contributed by atoms with Gasteiger partial charge in [0.1, 0.15) is 5.82 Å². The van der Waals surface area contributed by atoms with Crippen molar-refractivity contribution in [3.05, 3.63) is 11.8 Å². The lowest BCUT2D eigenvalue weighted by molar-refractivity contribution is 0.461. The third kappa shape index (κ3) is 4.18. The van der Waals surface area contributed by atoms with Gasteiger partial charge in [-0.1, -0.05) is 19.3 Å². The van der Waals surface area contributed by atoms with Gasteiger partial charge in [-0.15, -0.1) is 0 Å². The fourth-order valence-corrected chi connectivity index (χ4v) is 5.53. The van der Waals surface area contributed by atoms with Crippen LogP contribution in [-0.2, 0) is 9.84 Å². The molecule has 1 saturated heterocycles. The van der Waals surface area contributed by atoms with Crippen molar-refractivity contribution in [2.75, 3.05) is 28.3 Å². The van der Waals surface area contributed by atoms with Crippen molar-refractivity contribution in [1.82, 2.24) is 9.97 Å². The van der Waals surface area contributed by atoms with Crippen LogP contribution >= 0.6 is 0 Å². The predicted molar refractivity (Wildman–Crippen MR) is 97.3 cm³/mol. The molecule has 0 radical (unpaired) electrons. The van der Waals surface area contributed by atoms with E-state index in [1.54, 1.807) is 0 Å². The van der Waals surface area contributed by atoms with Gasteiger partial charge in [-0.05, 0) is 33.1 Å². The number of nitrogens with one attached hydrogen (secondary N) is 1. The van der Waals surface area contributed by atoms with Crippen LogP contribution in [0.5, 0.6) is 0 Å². The molecule has 3 rings (SSSR count). The fourth-order valence-electron chi connectivity index (χ4n) is 3.80. The lowest BCUT2D eigenvalue weighted by Crippen LogP contribution is -2.37. The molecule has 0 bridgehead atoms. The number of anilines is 2. The van der Waals surface area contributed by atoms with E-state index in [1.165, 1.54) is 32.1 Å². The highest BCUT2D eigenvalue weighted by atomic mass is 32.2. The molecular formula is C17H28N4O2S. The second-order valence-electron chi connectivity index (χ2n) is 7.02. The summed E-state index contributed by atoms with van der Waals surface area (Å²) in [6.45, 7) is 4.72. The van der Waals surface area contributed by atoms with Crippen LogP contribution in [0.1, 0.15) is 51.1 Å². The van der Waals surface area contributed by atoms with Crippen molar-refractivity contribution in [1.29, 1.82) is 0 Å². The molecule has 134 valence electrons. The largest absolute Gasteiger partial charge is 0.367 e. The Labute approximate surface area is 145 Å². The Morgan fingerprint density at radius 2 is 1.96 bits per heavy atom. The molecule has 0 aromatic carbocycles. The summed E-state index contributed by atoms with van der Waals surface area (Å²) >= 11 is 0. The summed E-state index contributed by atoms with van der Waals surface area (Å²) in [5, 5.41) is 3.55. The number of nitrogens with zero attached hydrogens (tertiary/aromatic N) is 3. The Hall–Kier alpha value is -1.37. The van der Waals surface area contributed by atoms with Crippen LogP contribution in [-0.4, -0.2) is 48.5 Å². The Kier molecular flexibility index (Phi) is 5.27. The molecular weight excluding hydrogens is 324 g/mol. The number of hydrogen-bond donors (Lipinski definition) is 1.